The van der Waals surface area contributed by atoms with Crippen LogP contribution in [-0.4, -0.2) is 39.5 Å². The number of hydrogen-bond acceptors (Lipinski definition) is 3. The molecule has 0 spiro atoms. The number of aromatic nitrogens is 1. The molecule has 6 heteroatoms. The Labute approximate surface area is 119 Å². The third-order valence-corrected chi connectivity index (χ3v) is 3.91. The van der Waals surface area contributed by atoms with Crippen LogP contribution in [0.1, 0.15) is 30.3 Å². The zero-order chi connectivity index (χ0) is 14.0. The first-order valence-corrected chi connectivity index (χ1v) is 6.93. The molecule has 1 aromatic rings. The summed E-state index contributed by atoms with van der Waals surface area (Å²) in [6.07, 6.45) is 2.89. The summed E-state index contributed by atoms with van der Waals surface area (Å²) in [5, 5.41) is 9.07. The van der Waals surface area contributed by atoms with Crippen molar-refractivity contribution in [3.8, 4) is 0 Å². The second-order valence-electron chi connectivity index (χ2n) is 4.78. The van der Waals surface area contributed by atoms with Crippen LogP contribution in [0.15, 0.2) is 22.8 Å². The zero-order valence-corrected chi connectivity index (χ0v) is 12.1. The van der Waals surface area contributed by atoms with E-state index in [0.717, 1.165) is 4.47 Å². The molecule has 5 nitrogen and oxygen atoms in total. The summed E-state index contributed by atoms with van der Waals surface area (Å²) < 4.78 is 0.805. The lowest BCUT2D eigenvalue weighted by molar-refractivity contribution is -0.143. The molecule has 102 valence electrons. The normalized spacial score (nSPS) is 23.2. The van der Waals surface area contributed by atoms with Gasteiger partial charge in [0.05, 0.1) is 5.92 Å². The SMILES string of the molecule is CC1CCC(C(=O)O)CN1C(=O)c1ccc(Br)cn1. The molecule has 2 heterocycles. The Balaban J connectivity index is 2.16. The van der Waals surface area contributed by atoms with Crippen LogP contribution < -0.4 is 0 Å². The Bertz CT molecular complexity index is 489. The molecule has 2 rings (SSSR count). The smallest absolute Gasteiger partial charge is 0.308 e. The summed E-state index contributed by atoms with van der Waals surface area (Å²) in [4.78, 5) is 29.1. The molecule has 2 atom stereocenters. The van der Waals surface area contributed by atoms with Gasteiger partial charge in [0.2, 0.25) is 0 Å². The second kappa shape index (κ2) is 5.69. The summed E-state index contributed by atoms with van der Waals surface area (Å²) in [6, 6.07) is 3.45. The highest BCUT2D eigenvalue weighted by molar-refractivity contribution is 9.10. The van der Waals surface area contributed by atoms with Crippen molar-refractivity contribution in [1.82, 2.24) is 9.88 Å². The largest absolute Gasteiger partial charge is 0.481 e. The topological polar surface area (TPSA) is 70.5 Å². The van der Waals surface area contributed by atoms with Gasteiger partial charge in [-0.3, -0.25) is 9.59 Å². The first kappa shape index (κ1) is 14.0. The maximum atomic E-state index is 12.3. The molecule has 0 aromatic carbocycles. The predicted octanol–water partition coefficient (Wildman–Crippen LogP) is 2.17. The van der Waals surface area contributed by atoms with E-state index in [1.807, 2.05) is 6.92 Å². The van der Waals surface area contributed by atoms with E-state index in [1.165, 1.54) is 0 Å². The van der Waals surface area contributed by atoms with Gasteiger partial charge in [-0.15, -0.1) is 0 Å². The van der Waals surface area contributed by atoms with Crippen molar-refractivity contribution >= 4 is 27.8 Å². The number of piperidine rings is 1. The number of likely N-dealkylation sites (tertiary alicyclic amines) is 1. The molecule has 1 fully saturated rings. The third kappa shape index (κ3) is 3.12. The summed E-state index contributed by atoms with van der Waals surface area (Å²) >= 11 is 3.27. The van der Waals surface area contributed by atoms with E-state index in [9.17, 15) is 9.59 Å². The molecular formula is C13H15BrN2O3. The standard InChI is InChI=1S/C13H15BrN2O3/c1-8-2-3-9(13(18)19)7-16(8)12(17)11-5-4-10(14)6-15-11/h4-6,8-9H,2-3,7H2,1H3,(H,18,19). The van der Waals surface area contributed by atoms with Crippen molar-refractivity contribution in [2.45, 2.75) is 25.8 Å². The number of hydrogen-bond donors (Lipinski definition) is 1. The Morgan fingerprint density at radius 2 is 2.16 bits per heavy atom. The summed E-state index contributed by atoms with van der Waals surface area (Å²) in [6.45, 7) is 2.20. The van der Waals surface area contributed by atoms with Gasteiger partial charge in [-0.1, -0.05) is 0 Å². The second-order valence-corrected chi connectivity index (χ2v) is 5.70. The fraction of sp³-hybridized carbons (Fsp3) is 0.462. The minimum absolute atomic E-state index is 0.0496. The number of amides is 1. The van der Waals surface area contributed by atoms with Crippen LogP contribution in [0.5, 0.6) is 0 Å². The van der Waals surface area contributed by atoms with Crippen LogP contribution in [0.4, 0.5) is 0 Å². The summed E-state index contributed by atoms with van der Waals surface area (Å²) in [5.41, 5.74) is 0.348. The van der Waals surface area contributed by atoms with Crippen LogP contribution in [-0.2, 0) is 4.79 Å². The number of carboxylic acid groups (broad SMARTS) is 1. The van der Waals surface area contributed by atoms with E-state index in [2.05, 4.69) is 20.9 Å². The van der Waals surface area contributed by atoms with Crippen molar-refractivity contribution in [3.63, 3.8) is 0 Å². The maximum Gasteiger partial charge on any atom is 0.308 e. The number of pyridine rings is 1. The van der Waals surface area contributed by atoms with Crippen LogP contribution in [0, 0.1) is 5.92 Å². The van der Waals surface area contributed by atoms with Gasteiger partial charge in [0.1, 0.15) is 5.69 Å². The van der Waals surface area contributed by atoms with Crippen LogP contribution in [0.3, 0.4) is 0 Å². The van der Waals surface area contributed by atoms with Crippen molar-refractivity contribution in [2.24, 2.45) is 5.92 Å². The Kier molecular flexibility index (Phi) is 4.19. The minimum atomic E-state index is -0.839. The molecule has 1 N–H and O–H groups in total. The monoisotopic (exact) mass is 326 g/mol. The highest BCUT2D eigenvalue weighted by Crippen LogP contribution is 2.23. The van der Waals surface area contributed by atoms with E-state index in [0.29, 0.717) is 18.5 Å². The van der Waals surface area contributed by atoms with Gasteiger partial charge in [0.15, 0.2) is 0 Å². The molecule has 1 aliphatic rings. The average molecular weight is 327 g/mol. The van der Waals surface area contributed by atoms with Crippen LogP contribution in [0.25, 0.3) is 0 Å². The van der Waals surface area contributed by atoms with Crippen molar-refractivity contribution in [2.75, 3.05) is 6.54 Å². The van der Waals surface area contributed by atoms with Gasteiger partial charge in [-0.05, 0) is 47.8 Å². The Morgan fingerprint density at radius 1 is 1.42 bits per heavy atom. The minimum Gasteiger partial charge on any atom is -0.481 e. The fourth-order valence-corrected chi connectivity index (χ4v) is 2.48. The van der Waals surface area contributed by atoms with Crippen LogP contribution >= 0.6 is 15.9 Å². The number of rotatable bonds is 2. The number of carbonyl (C=O) groups is 2. The van der Waals surface area contributed by atoms with Gasteiger partial charge in [-0.2, -0.15) is 0 Å². The van der Waals surface area contributed by atoms with E-state index >= 15 is 0 Å². The molecule has 2 unspecified atom stereocenters. The lowest BCUT2D eigenvalue weighted by Gasteiger charge is -2.36. The van der Waals surface area contributed by atoms with Crippen molar-refractivity contribution < 1.29 is 14.7 Å². The molecule has 0 saturated carbocycles. The van der Waals surface area contributed by atoms with Crippen molar-refractivity contribution in [3.05, 3.63) is 28.5 Å². The number of nitrogens with zero attached hydrogens (tertiary/aromatic N) is 2. The van der Waals surface area contributed by atoms with Gasteiger partial charge in [0.25, 0.3) is 5.91 Å². The zero-order valence-electron chi connectivity index (χ0n) is 10.5. The summed E-state index contributed by atoms with van der Waals surface area (Å²) in [7, 11) is 0. The van der Waals surface area contributed by atoms with E-state index in [1.54, 1.807) is 23.2 Å². The molecule has 19 heavy (non-hydrogen) atoms. The van der Waals surface area contributed by atoms with E-state index in [4.69, 9.17) is 5.11 Å². The van der Waals surface area contributed by atoms with Crippen LogP contribution in [0.2, 0.25) is 0 Å². The molecule has 1 amide bonds. The first-order chi connectivity index (χ1) is 8.99. The molecular weight excluding hydrogens is 312 g/mol. The predicted molar refractivity (Wildman–Crippen MR) is 72.8 cm³/mol. The molecule has 0 radical (unpaired) electrons. The van der Waals surface area contributed by atoms with Gasteiger partial charge >= 0.3 is 5.97 Å². The number of aliphatic carboxylic acids is 1. The average Bonchev–Trinajstić information content (AvgIpc) is 2.39. The number of carboxylic acids is 1. The van der Waals surface area contributed by atoms with E-state index < -0.39 is 11.9 Å². The highest BCUT2D eigenvalue weighted by atomic mass is 79.9. The quantitative estimate of drug-likeness (QED) is 0.904. The third-order valence-electron chi connectivity index (χ3n) is 3.44. The molecule has 1 aromatic heterocycles. The van der Waals surface area contributed by atoms with Gasteiger partial charge in [-0.25, -0.2) is 4.98 Å². The van der Waals surface area contributed by atoms with Crippen molar-refractivity contribution in [1.29, 1.82) is 0 Å². The number of carbonyl (C=O) groups excluding carboxylic acids is 1. The Morgan fingerprint density at radius 3 is 2.74 bits per heavy atom. The first-order valence-electron chi connectivity index (χ1n) is 6.14. The lowest BCUT2D eigenvalue weighted by Crippen LogP contribution is -2.47. The molecule has 0 bridgehead atoms. The molecule has 1 saturated heterocycles. The van der Waals surface area contributed by atoms with Gasteiger partial charge in [0, 0.05) is 23.3 Å². The van der Waals surface area contributed by atoms with Gasteiger partial charge < -0.3 is 10.0 Å². The maximum absolute atomic E-state index is 12.3. The fourth-order valence-electron chi connectivity index (χ4n) is 2.24. The highest BCUT2D eigenvalue weighted by Gasteiger charge is 2.33. The number of halogens is 1. The molecule has 1 aliphatic heterocycles. The van der Waals surface area contributed by atoms with E-state index in [-0.39, 0.29) is 18.5 Å². The molecule has 0 aliphatic carbocycles. The Hall–Kier alpha value is -1.43. The lowest BCUT2D eigenvalue weighted by atomic mass is 9.93. The summed E-state index contributed by atoms with van der Waals surface area (Å²) in [5.74, 6) is -1.52.